The highest BCUT2D eigenvalue weighted by atomic mass is 79.9. The number of carbonyl (C=O) groups is 1. The summed E-state index contributed by atoms with van der Waals surface area (Å²) in [6.07, 6.45) is 2.22. The van der Waals surface area contributed by atoms with Crippen molar-refractivity contribution in [2.24, 2.45) is 0 Å². The molecule has 0 N–H and O–H groups in total. The van der Waals surface area contributed by atoms with Gasteiger partial charge in [0, 0.05) is 12.6 Å². The second-order valence-electron chi connectivity index (χ2n) is 5.39. The third kappa shape index (κ3) is 3.58. The van der Waals surface area contributed by atoms with Crippen LogP contribution in [0.15, 0.2) is 37.9 Å². The number of aryl methyl sites for hydroxylation is 1. The van der Waals surface area contributed by atoms with E-state index in [-0.39, 0.29) is 5.91 Å². The average Bonchev–Trinajstić information content (AvgIpc) is 3.21. The number of rotatable bonds is 4. The van der Waals surface area contributed by atoms with E-state index in [1.165, 1.54) is 11.1 Å². The van der Waals surface area contributed by atoms with Crippen LogP contribution < -0.4 is 0 Å². The molecule has 2 aromatic rings. The van der Waals surface area contributed by atoms with Crippen LogP contribution in [-0.2, 0) is 6.54 Å². The Kier molecular flexibility index (Phi) is 4.52. The van der Waals surface area contributed by atoms with Crippen LogP contribution >= 0.6 is 43.2 Å². The minimum absolute atomic E-state index is 0.118. The lowest BCUT2D eigenvalue weighted by Crippen LogP contribution is -2.32. The monoisotopic (exact) mass is 427 g/mol. The molecule has 1 aromatic heterocycles. The summed E-state index contributed by atoms with van der Waals surface area (Å²) in [5.74, 6) is 0.118. The van der Waals surface area contributed by atoms with E-state index in [4.69, 9.17) is 0 Å². The van der Waals surface area contributed by atoms with Crippen molar-refractivity contribution in [3.63, 3.8) is 0 Å². The van der Waals surface area contributed by atoms with Gasteiger partial charge in [0.05, 0.1) is 13.1 Å². The second-order valence-corrected chi connectivity index (χ2v) is 9.14. The zero-order valence-electron chi connectivity index (χ0n) is 11.6. The smallest absolute Gasteiger partial charge is 0.256 e. The predicted octanol–water partition coefficient (Wildman–Crippen LogP) is 5.39. The normalized spacial score (nSPS) is 14.2. The number of halogens is 2. The Morgan fingerprint density at radius 2 is 2.10 bits per heavy atom. The van der Waals surface area contributed by atoms with Crippen molar-refractivity contribution >= 4 is 49.1 Å². The Labute approximate surface area is 145 Å². The van der Waals surface area contributed by atoms with Gasteiger partial charge in [-0.3, -0.25) is 4.79 Å². The van der Waals surface area contributed by atoms with E-state index >= 15 is 0 Å². The fourth-order valence-electron chi connectivity index (χ4n) is 2.40. The molecule has 1 aromatic carbocycles. The summed E-state index contributed by atoms with van der Waals surface area (Å²) in [6, 6.07) is 10.7. The minimum Gasteiger partial charge on any atom is -0.331 e. The van der Waals surface area contributed by atoms with Crippen LogP contribution in [0, 0.1) is 6.92 Å². The van der Waals surface area contributed by atoms with Crippen LogP contribution in [-0.4, -0.2) is 16.8 Å². The summed E-state index contributed by atoms with van der Waals surface area (Å²) >= 11 is 8.48. The Bertz CT molecular complexity index is 679. The minimum atomic E-state index is 0.118. The Balaban J connectivity index is 1.85. The van der Waals surface area contributed by atoms with Gasteiger partial charge in [-0.05, 0) is 63.3 Å². The average molecular weight is 429 g/mol. The lowest BCUT2D eigenvalue weighted by molar-refractivity contribution is 0.0729. The standard InChI is InChI=1S/C16H15Br2NOS/c1-10-3-2-4-11(7-10)9-19(12-5-6-12)16(20)13-8-14(17)21-15(13)18/h2-4,7-8,12H,5-6,9H2,1H3. The molecule has 1 heterocycles. The molecule has 0 radical (unpaired) electrons. The van der Waals surface area contributed by atoms with Crippen LogP contribution in [0.1, 0.15) is 34.3 Å². The van der Waals surface area contributed by atoms with Crippen molar-refractivity contribution in [1.82, 2.24) is 4.90 Å². The molecular weight excluding hydrogens is 414 g/mol. The van der Waals surface area contributed by atoms with Gasteiger partial charge in [0.15, 0.2) is 0 Å². The van der Waals surface area contributed by atoms with Crippen LogP contribution in [0.4, 0.5) is 0 Å². The van der Waals surface area contributed by atoms with Gasteiger partial charge in [-0.2, -0.15) is 0 Å². The number of hydrogen-bond acceptors (Lipinski definition) is 2. The van der Waals surface area contributed by atoms with Crippen molar-refractivity contribution in [3.8, 4) is 0 Å². The quantitative estimate of drug-likeness (QED) is 0.639. The zero-order chi connectivity index (χ0) is 15.0. The van der Waals surface area contributed by atoms with Crippen molar-refractivity contribution in [2.75, 3.05) is 0 Å². The Morgan fingerprint density at radius 1 is 1.33 bits per heavy atom. The van der Waals surface area contributed by atoms with Crippen molar-refractivity contribution in [2.45, 2.75) is 32.4 Å². The first-order valence-corrected chi connectivity index (χ1v) is 9.26. The molecule has 0 saturated heterocycles. The van der Waals surface area contributed by atoms with E-state index in [0.717, 1.165) is 26.0 Å². The molecule has 1 aliphatic rings. The van der Waals surface area contributed by atoms with Crippen LogP contribution in [0.2, 0.25) is 0 Å². The molecule has 0 spiro atoms. The number of hydrogen-bond donors (Lipinski definition) is 0. The molecule has 1 saturated carbocycles. The SMILES string of the molecule is Cc1cccc(CN(C(=O)c2cc(Br)sc2Br)C2CC2)c1. The maximum Gasteiger partial charge on any atom is 0.256 e. The summed E-state index contributed by atoms with van der Waals surface area (Å²) in [5.41, 5.74) is 3.18. The fraction of sp³-hybridized carbons (Fsp3) is 0.312. The van der Waals surface area contributed by atoms with E-state index in [2.05, 4.69) is 63.0 Å². The van der Waals surface area contributed by atoms with E-state index < -0.39 is 0 Å². The third-order valence-electron chi connectivity index (χ3n) is 3.57. The highest BCUT2D eigenvalue weighted by Gasteiger charge is 2.34. The molecule has 110 valence electrons. The topological polar surface area (TPSA) is 20.3 Å². The maximum atomic E-state index is 12.8. The molecule has 0 unspecified atom stereocenters. The molecule has 5 heteroatoms. The van der Waals surface area contributed by atoms with Crippen molar-refractivity contribution in [1.29, 1.82) is 0 Å². The molecule has 0 atom stereocenters. The van der Waals surface area contributed by atoms with Gasteiger partial charge < -0.3 is 4.90 Å². The first-order valence-electron chi connectivity index (χ1n) is 6.86. The first-order chi connectivity index (χ1) is 10.0. The summed E-state index contributed by atoms with van der Waals surface area (Å²) in [5, 5.41) is 0. The second kappa shape index (κ2) is 6.23. The molecule has 2 nitrogen and oxygen atoms in total. The maximum absolute atomic E-state index is 12.8. The van der Waals surface area contributed by atoms with Crippen LogP contribution in [0.5, 0.6) is 0 Å². The van der Waals surface area contributed by atoms with E-state index in [1.807, 2.05) is 11.0 Å². The predicted molar refractivity (Wildman–Crippen MR) is 93.8 cm³/mol. The van der Waals surface area contributed by atoms with Crippen LogP contribution in [0.25, 0.3) is 0 Å². The molecule has 1 fully saturated rings. The van der Waals surface area contributed by atoms with Gasteiger partial charge >= 0.3 is 0 Å². The molecule has 21 heavy (non-hydrogen) atoms. The molecular formula is C16H15Br2NOS. The highest BCUT2D eigenvalue weighted by molar-refractivity contribution is 9.12. The largest absolute Gasteiger partial charge is 0.331 e. The zero-order valence-corrected chi connectivity index (χ0v) is 15.6. The Hall–Kier alpha value is -0.650. The van der Waals surface area contributed by atoms with Crippen molar-refractivity contribution < 1.29 is 4.79 Å². The van der Waals surface area contributed by atoms with Gasteiger partial charge in [-0.15, -0.1) is 11.3 Å². The first kappa shape index (κ1) is 15.3. The number of carbonyl (C=O) groups excluding carboxylic acids is 1. The third-order valence-corrected chi connectivity index (χ3v) is 5.91. The molecule has 0 aliphatic heterocycles. The van der Waals surface area contributed by atoms with E-state index in [1.54, 1.807) is 11.3 Å². The molecule has 1 aliphatic carbocycles. The lowest BCUT2D eigenvalue weighted by Gasteiger charge is -2.22. The van der Waals surface area contributed by atoms with Crippen molar-refractivity contribution in [3.05, 3.63) is 54.6 Å². The summed E-state index contributed by atoms with van der Waals surface area (Å²) < 4.78 is 1.87. The Morgan fingerprint density at radius 3 is 2.67 bits per heavy atom. The number of nitrogens with zero attached hydrogens (tertiary/aromatic N) is 1. The molecule has 1 amide bonds. The lowest BCUT2D eigenvalue weighted by atomic mass is 10.1. The summed E-state index contributed by atoms with van der Waals surface area (Å²) in [7, 11) is 0. The van der Waals surface area contributed by atoms with E-state index in [0.29, 0.717) is 12.6 Å². The summed E-state index contributed by atoms with van der Waals surface area (Å²) in [4.78, 5) is 14.8. The highest BCUT2D eigenvalue weighted by Crippen LogP contribution is 2.36. The fourth-order valence-corrected chi connectivity index (χ4v) is 5.18. The van der Waals surface area contributed by atoms with Gasteiger partial charge in [-0.1, -0.05) is 29.8 Å². The van der Waals surface area contributed by atoms with Crippen LogP contribution in [0.3, 0.4) is 0 Å². The van der Waals surface area contributed by atoms with Gasteiger partial charge in [0.1, 0.15) is 0 Å². The molecule has 0 bridgehead atoms. The number of thiophene rings is 1. The van der Waals surface area contributed by atoms with Gasteiger partial charge in [0.25, 0.3) is 5.91 Å². The van der Waals surface area contributed by atoms with Gasteiger partial charge in [0.2, 0.25) is 0 Å². The number of benzene rings is 1. The summed E-state index contributed by atoms with van der Waals surface area (Å²) in [6.45, 7) is 2.77. The molecule has 3 rings (SSSR count). The van der Waals surface area contributed by atoms with Gasteiger partial charge in [-0.25, -0.2) is 0 Å². The van der Waals surface area contributed by atoms with E-state index in [9.17, 15) is 4.79 Å². The number of amides is 1.